The number of thioether (sulfide) groups is 1. The second-order valence-corrected chi connectivity index (χ2v) is 6.43. The fraction of sp³-hybridized carbons (Fsp3) is 0.385. The van der Waals surface area contributed by atoms with Gasteiger partial charge in [0.05, 0.1) is 17.2 Å². The Morgan fingerprint density at radius 1 is 1.50 bits per heavy atom. The van der Waals surface area contributed by atoms with Crippen molar-refractivity contribution in [2.24, 2.45) is 5.10 Å². The second kappa shape index (κ2) is 7.75. The van der Waals surface area contributed by atoms with Crippen molar-refractivity contribution in [2.75, 3.05) is 31.1 Å². The molecule has 0 atom stereocenters. The summed E-state index contributed by atoms with van der Waals surface area (Å²) in [5, 5.41) is 3.88. The van der Waals surface area contributed by atoms with E-state index in [0.29, 0.717) is 16.6 Å². The SMILES string of the molecule is O=C(CN1CCSCC1)N/N=C/c1ccc(F)c(Br)c1. The van der Waals surface area contributed by atoms with E-state index in [4.69, 9.17) is 0 Å². The Hall–Kier alpha value is -0.920. The van der Waals surface area contributed by atoms with E-state index in [1.165, 1.54) is 12.3 Å². The van der Waals surface area contributed by atoms with Gasteiger partial charge in [-0.25, -0.2) is 9.82 Å². The molecule has 1 aromatic rings. The number of nitrogens with zero attached hydrogens (tertiary/aromatic N) is 2. The zero-order chi connectivity index (χ0) is 14.4. The van der Waals surface area contributed by atoms with Crippen molar-refractivity contribution in [1.82, 2.24) is 10.3 Å². The van der Waals surface area contributed by atoms with Crippen LogP contribution in [0.5, 0.6) is 0 Å². The van der Waals surface area contributed by atoms with E-state index in [-0.39, 0.29) is 11.7 Å². The maximum atomic E-state index is 13.0. The van der Waals surface area contributed by atoms with Crippen LogP contribution < -0.4 is 5.43 Å². The summed E-state index contributed by atoms with van der Waals surface area (Å²) < 4.78 is 13.4. The molecular weight excluding hydrogens is 345 g/mol. The molecular formula is C13H15BrFN3OS. The molecule has 0 spiro atoms. The van der Waals surface area contributed by atoms with Gasteiger partial charge in [0, 0.05) is 24.6 Å². The van der Waals surface area contributed by atoms with Crippen LogP contribution in [0.3, 0.4) is 0 Å². The van der Waals surface area contributed by atoms with E-state index >= 15 is 0 Å². The van der Waals surface area contributed by atoms with Gasteiger partial charge in [-0.1, -0.05) is 6.07 Å². The molecule has 1 fully saturated rings. The minimum Gasteiger partial charge on any atom is -0.293 e. The fourth-order valence-electron chi connectivity index (χ4n) is 1.77. The molecule has 7 heteroatoms. The number of carbonyl (C=O) groups excluding carboxylic acids is 1. The second-order valence-electron chi connectivity index (χ2n) is 4.36. The largest absolute Gasteiger partial charge is 0.293 e. The van der Waals surface area contributed by atoms with Crippen molar-refractivity contribution < 1.29 is 9.18 Å². The van der Waals surface area contributed by atoms with Gasteiger partial charge in [0.25, 0.3) is 5.91 Å². The van der Waals surface area contributed by atoms with Gasteiger partial charge >= 0.3 is 0 Å². The van der Waals surface area contributed by atoms with Crippen molar-refractivity contribution in [2.45, 2.75) is 0 Å². The molecule has 1 heterocycles. The van der Waals surface area contributed by atoms with E-state index in [1.54, 1.807) is 12.1 Å². The molecule has 0 bridgehead atoms. The molecule has 0 radical (unpaired) electrons. The number of benzene rings is 1. The van der Waals surface area contributed by atoms with Gasteiger partial charge in [-0.05, 0) is 33.6 Å². The Morgan fingerprint density at radius 3 is 2.95 bits per heavy atom. The van der Waals surface area contributed by atoms with Gasteiger partial charge in [-0.2, -0.15) is 16.9 Å². The van der Waals surface area contributed by atoms with Crippen molar-refractivity contribution in [3.05, 3.63) is 34.1 Å². The first-order valence-electron chi connectivity index (χ1n) is 6.22. The highest BCUT2D eigenvalue weighted by Crippen LogP contribution is 2.15. The molecule has 1 saturated heterocycles. The third kappa shape index (κ3) is 4.88. The Labute approximate surface area is 129 Å². The summed E-state index contributed by atoms with van der Waals surface area (Å²) in [5.74, 6) is 1.68. The molecule has 0 aliphatic carbocycles. The summed E-state index contributed by atoms with van der Waals surface area (Å²) in [5.41, 5.74) is 3.20. The Balaban J connectivity index is 1.79. The number of carbonyl (C=O) groups is 1. The van der Waals surface area contributed by atoms with E-state index < -0.39 is 0 Å². The van der Waals surface area contributed by atoms with Gasteiger partial charge < -0.3 is 0 Å². The number of hydrazone groups is 1. The van der Waals surface area contributed by atoms with E-state index in [0.717, 1.165) is 24.6 Å². The highest BCUT2D eigenvalue weighted by Gasteiger charge is 2.13. The predicted octanol–water partition coefficient (Wildman–Crippen LogP) is 2.09. The van der Waals surface area contributed by atoms with Crippen LogP contribution in [0, 0.1) is 5.82 Å². The summed E-state index contributed by atoms with van der Waals surface area (Å²) >= 11 is 5.01. The first-order valence-corrected chi connectivity index (χ1v) is 8.17. The van der Waals surface area contributed by atoms with Crippen molar-refractivity contribution in [3.63, 3.8) is 0 Å². The van der Waals surface area contributed by atoms with Gasteiger partial charge in [0.1, 0.15) is 5.82 Å². The highest BCUT2D eigenvalue weighted by atomic mass is 79.9. The number of hydrogen-bond donors (Lipinski definition) is 1. The number of hydrogen-bond acceptors (Lipinski definition) is 4. The van der Waals surface area contributed by atoms with E-state index in [2.05, 4.69) is 31.4 Å². The van der Waals surface area contributed by atoms with Gasteiger partial charge in [-0.3, -0.25) is 9.69 Å². The van der Waals surface area contributed by atoms with E-state index in [1.807, 2.05) is 11.8 Å². The normalized spacial score (nSPS) is 16.5. The average Bonchev–Trinajstić information content (AvgIpc) is 2.44. The standard InChI is InChI=1S/C13H15BrFN3OS/c14-11-7-10(1-2-12(11)15)8-16-17-13(19)9-18-3-5-20-6-4-18/h1-2,7-8H,3-6,9H2,(H,17,19)/b16-8+. The first kappa shape index (κ1) is 15.5. The predicted molar refractivity (Wildman–Crippen MR) is 83.6 cm³/mol. The summed E-state index contributed by atoms with van der Waals surface area (Å²) in [6.45, 7) is 2.24. The molecule has 1 N–H and O–H groups in total. The number of amides is 1. The monoisotopic (exact) mass is 359 g/mol. The minimum absolute atomic E-state index is 0.130. The summed E-state index contributed by atoms with van der Waals surface area (Å²) in [4.78, 5) is 13.8. The molecule has 20 heavy (non-hydrogen) atoms. The lowest BCUT2D eigenvalue weighted by Crippen LogP contribution is -2.40. The van der Waals surface area contributed by atoms with Crippen LogP contribution in [0.25, 0.3) is 0 Å². The molecule has 0 aromatic heterocycles. The van der Waals surface area contributed by atoms with Gasteiger partial charge in [0.15, 0.2) is 0 Å². The maximum absolute atomic E-state index is 13.0. The Kier molecular flexibility index (Phi) is 6.00. The van der Waals surface area contributed by atoms with Crippen LogP contribution in [-0.4, -0.2) is 48.2 Å². The van der Waals surface area contributed by atoms with Gasteiger partial charge in [0.2, 0.25) is 0 Å². The summed E-state index contributed by atoms with van der Waals surface area (Å²) in [6, 6.07) is 4.54. The Morgan fingerprint density at radius 2 is 2.25 bits per heavy atom. The lowest BCUT2D eigenvalue weighted by atomic mass is 10.2. The molecule has 1 amide bonds. The van der Waals surface area contributed by atoms with E-state index in [9.17, 15) is 9.18 Å². The van der Waals surface area contributed by atoms with Crippen LogP contribution in [0.15, 0.2) is 27.8 Å². The molecule has 4 nitrogen and oxygen atoms in total. The van der Waals surface area contributed by atoms with Crippen LogP contribution in [0.4, 0.5) is 4.39 Å². The quantitative estimate of drug-likeness (QED) is 0.661. The number of halogens is 2. The zero-order valence-electron chi connectivity index (χ0n) is 10.8. The number of rotatable bonds is 4. The smallest absolute Gasteiger partial charge is 0.254 e. The lowest BCUT2D eigenvalue weighted by molar-refractivity contribution is -0.122. The van der Waals surface area contributed by atoms with Crippen LogP contribution >= 0.6 is 27.7 Å². The topological polar surface area (TPSA) is 44.7 Å². The summed E-state index contributed by atoms with van der Waals surface area (Å²) in [6.07, 6.45) is 1.49. The molecule has 108 valence electrons. The third-order valence-corrected chi connectivity index (χ3v) is 4.37. The molecule has 1 aliphatic rings. The lowest BCUT2D eigenvalue weighted by Gasteiger charge is -2.24. The molecule has 0 unspecified atom stereocenters. The number of nitrogens with one attached hydrogen (secondary N) is 1. The van der Waals surface area contributed by atoms with Crippen molar-refractivity contribution in [1.29, 1.82) is 0 Å². The molecule has 0 saturated carbocycles. The van der Waals surface area contributed by atoms with Gasteiger partial charge in [-0.15, -0.1) is 0 Å². The zero-order valence-corrected chi connectivity index (χ0v) is 13.2. The summed E-state index contributed by atoms with van der Waals surface area (Å²) in [7, 11) is 0. The molecule has 2 rings (SSSR count). The fourth-order valence-corrected chi connectivity index (χ4v) is 3.14. The highest BCUT2D eigenvalue weighted by molar-refractivity contribution is 9.10. The van der Waals surface area contributed by atoms with Crippen molar-refractivity contribution >= 4 is 39.8 Å². The van der Waals surface area contributed by atoms with Crippen molar-refractivity contribution in [3.8, 4) is 0 Å². The third-order valence-electron chi connectivity index (χ3n) is 2.82. The first-order chi connectivity index (χ1) is 9.65. The average molecular weight is 360 g/mol. The Bertz CT molecular complexity index is 506. The molecule has 1 aliphatic heterocycles. The maximum Gasteiger partial charge on any atom is 0.254 e. The molecule has 1 aromatic carbocycles. The van der Waals surface area contributed by atoms with Crippen LogP contribution in [-0.2, 0) is 4.79 Å². The van der Waals surface area contributed by atoms with Crippen LogP contribution in [0.2, 0.25) is 0 Å². The van der Waals surface area contributed by atoms with Crippen LogP contribution in [0.1, 0.15) is 5.56 Å². The minimum atomic E-state index is -0.325.